The van der Waals surface area contributed by atoms with E-state index in [1.165, 1.54) is 16.7 Å². The lowest BCUT2D eigenvalue weighted by atomic mass is 10.00. The van der Waals surface area contributed by atoms with Gasteiger partial charge < -0.3 is 15.0 Å². The Morgan fingerprint density at radius 2 is 1.84 bits per heavy atom. The predicted molar refractivity (Wildman–Crippen MR) is 99.7 cm³/mol. The number of fused-ring (bicyclic) bond motifs is 1. The lowest BCUT2D eigenvalue weighted by molar-refractivity contribution is -0.132. The number of benzene rings is 2. The minimum absolute atomic E-state index is 0.242. The number of amides is 1. The van der Waals surface area contributed by atoms with Crippen molar-refractivity contribution in [2.75, 3.05) is 26.7 Å². The second kappa shape index (κ2) is 8.67. The summed E-state index contributed by atoms with van der Waals surface area (Å²) < 4.78 is 5.16. The van der Waals surface area contributed by atoms with Crippen molar-refractivity contribution < 1.29 is 9.53 Å². The minimum Gasteiger partial charge on any atom is -0.497 e. The summed E-state index contributed by atoms with van der Waals surface area (Å²) >= 11 is 0. The van der Waals surface area contributed by atoms with E-state index in [-0.39, 0.29) is 5.91 Å². The second-order valence-corrected chi connectivity index (χ2v) is 6.43. The molecule has 0 spiro atoms. The Labute approximate surface area is 149 Å². The summed E-state index contributed by atoms with van der Waals surface area (Å²) in [6.45, 7) is 3.19. The second-order valence-electron chi connectivity index (χ2n) is 6.43. The molecule has 1 amide bonds. The Bertz CT molecular complexity index is 697. The fourth-order valence-electron chi connectivity index (χ4n) is 3.21. The first-order chi connectivity index (χ1) is 12.3. The predicted octanol–water partition coefficient (Wildman–Crippen LogP) is 2.80. The topological polar surface area (TPSA) is 41.6 Å². The van der Waals surface area contributed by atoms with Gasteiger partial charge in [-0.2, -0.15) is 0 Å². The average Bonchev–Trinajstić information content (AvgIpc) is 2.67. The SMILES string of the molecule is COc1ccc(CCNCCC(=O)N2CCc3ccccc3C2)cc1. The molecule has 0 aromatic heterocycles. The Kier molecular flexibility index (Phi) is 6.07. The largest absolute Gasteiger partial charge is 0.497 e. The molecule has 1 aliphatic rings. The summed E-state index contributed by atoms with van der Waals surface area (Å²) in [7, 11) is 1.68. The summed E-state index contributed by atoms with van der Waals surface area (Å²) in [4.78, 5) is 14.4. The highest BCUT2D eigenvalue weighted by Crippen LogP contribution is 2.18. The van der Waals surface area contributed by atoms with E-state index in [1.807, 2.05) is 23.1 Å². The van der Waals surface area contributed by atoms with Gasteiger partial charge in [0.25, 0.3) is 0 Å². The van der Waals surface area contributed by atoms with E-state index in [9.17, 15) is 4.79 Å². The number of carbonyl (C=O) groups excluding carboxylic acids is 1. The third kappa shape index (κ3) is 4.83. The molecule has 0 radical (unpaired) electrons. The Morgan fingerprint density at radius 3 is 2.60 bits per heavy atom. The first-order valence-electron chi connectivity index (χ1n) is 8.94. The van der Waals surface area contributed by atoms with Crippen molar-refractivity contribution in [2.24, 2.45) is 0 Å². The molecule has 0 fully saturated rings. The van der Waals surface area contributed by atoms with Crippen LogP contribution in [0.3, 0.4) is 0 Å². The first-order valence-corrected chi connectivity index (χ1v) is 8.94. The van der Waals surface area contributed by atoms with Crippen LogP contribution in [-0.2, 0) is 24.2 Å². The molecule has 0 bridgehead atoms. The third-order valence-corrected chi connectivity index (χ3v) is 4.75. The van der Waals surface area contributed by atoms with Crippen molar-refractivity contribution >= 4 is 5.91 Å². The van der Waals surface area contributed by atoms with Crippen molar-refractivity contribution in [3.63, 3.8) is 0 Å². The third-order valence-electron chi connectivity index (χ3n) is 4.75. The number of methoxy groups -OCH3 is 1. The molecule has 0 unspecified atom stereocenters. The molecule has 25 heavy (non-hydrogen) atoms. The molecule has 0 saturated carbocycles. The molecular weight excluding hydrogens is 312 g/mol. The molecule has 1 aliphatic heterocycles. The van der Waals surface area contributed by atoms with Crippen LogP contribution >= 0.6 is 0 Å². The van der Waals surface area contributed by atoms with E-state index in [4.69, 9.17) is 4.74 Å². The van der Waals surface area contributed by atoms with Crippen LogP contribution in [-0.4, -0.2) is 37.6 Å². The Morgan fingerprint density at radius 1 is 1.08 bits per heavy atom. The molecular formula is C21H26N2O2. The van der Waals surface area contributed by atoms with E-state index >= 15 is 0 Å². The molecule has 3 rings (SSSR count). The van der Waals surface area contributed by atoms with Crippen LogP contribution in [0.5, 0.6) is 5.75 Å². The highest BCUT2D eigenvalue weighted by molar-refractivity contribution is 5.76. The van der Waals surface area contributed by atoms with Gasteiger partial charge in [0.05, 0.1) is 7.11 Å². The molecule has 2 aromatic rings. The number of ether oxygens (including phenoxy) is 1. The standard InChI is InChI=1S/C21H26N2O2/c1-25-20-8-6-17(7-9-20)10-13-22-14-11-21(24)23-15-12-18-4-2-3-5-19(18)16-23/h2-9,22H,10-16H2,1H3. The maximum Gasteiger partial charge on any atom is 0.224 e. The van der Waals surface area contributed by atoms with Gasteiger partial charge in [0, 0.05) is 26.1 Å². The van der Waals surface area contributed by atoms with Crippen LogP contribution in [0.1, 0.15) is 23.1 Å². The van der Waals surface area contributed by atoms with Gasteiger partial charge in [-0.3, -0.25) is 4.79 Å². The lowest BCUT2D eigenvalue weighted by Gasteiger charge is -2.29. The van der Waals surface area contributed by atoms with Crippen LogP contribution in [0.2, 0.25) is 0 Å². The summed E-state index contributed by atoms with van der Waals surface area (Å²) in [6.07, 6.45) is 2.48. The number of rotatable bonds is 7. The summed E-state index contributed by atoms with van der Waals surface area (Å²) in [6, 6.07) is 16.5. The van der Waals surface area contributed by atoms with E-state index < -0.39 is 0 Å². The highest BCUT2D eigenvalue weighted by atomic mass is 16.5. The zero-order valence-corrected chi connectivity index (χ0v) is 14.8. The number of hydrogen-bond acceptors (Lipinski definition) is 3. The average molecular weight is 338 g/mol. The van der Waals surface area contributed by atoms with Crippen molar-refractivity contribution in [2.45, 2.75) is 25.8 Å². The van der Waals surface area contributed by atoms with Gasteiger partial charge in [-0.15, -0.1) is 0 Å². The van der Waals surface area contributed by atoms with Crippen LogP contribution in [0.15, 0.2) is 48.5 Å². The Hall–Kier alpha value is -2.33. The normalized spacial score (nSPS) is 13.4. The summed E-state index contributed by atoms with van der Waals surface area (Å²) in [5.41, 5.74) is 3.94. The van der Waals surface area contributed by atoms with E-state index in [2.05, 4.69) is 35.6 Å². The van der Waals surface area contributed by atoms with Gasteiger partial charge in [0.15, 0.2) is 0 Å². The zero-order chi connectivity index (χ0) is 17.5. The number of nitrogens with one attached hydrogen (secondary N) is 1. The molecule has 0 aliphatic carbocycles. The van der Waals surface area contributed by atoms with Crippen molar-refractivity contribution in [3.05, 3.63) is 65.2 Å². The van der Waals surface area contributed by atoms with E-state index in [0.29, 0.717) is 6.42 Å². The van der Waals surface area contributed by atoms with Gasteiger partial charge >= 0.3 is 0 Å². The zero-order valence-electron chi connectivity index (χ0n) is 14.8. The summed E-state index contributed by atoms with van der Waals surface area (Å²) in [5, 5.41) is 3.37. The Balaban J connectivity index is 1.35. The minimum atomic E-state index is 0.242. The van der Waals surface area contributed by atoms with Crippen molar-refractivity contribution in [1.29, 1.82) is 0 Å². The molecule has 132 valence electrons. The summed E-state index contributed by atoms with van der Waals surface area (Å²) in [5.74, 6) is 1.12. The molecule has 2 aromatic carbocycles. The van der Waals surface area contributed by atoms with Gasteiger partial charge in [0.1, 0.15) is 5.75 Å². The highest BCUT2D eigenvalue weighted by Gasteiger charge is 2.19. The van der Waals surface area contributed by atoms with Gasteiger partial charge in [-0.1, -0.05) is 36.4 Å². The van der Waals surface area contributed by atoms with Crippen molar-refractivity contribution in [1.82, 2.24) is 10.2 Å². The number of carbonyl (C=O) groups is 1. The maximum atomic E-state index is 12.4. The quantitative estimate of drug-likeness (QED) is 0.790. The van der Waals surface area contributed by atoms with Crippen LogP contribution in [0, 0.1) is 0 Å². The van der Waals surface area contributed by atoms with E-state index in [1.54, 1.807) is 7.11 Å². The monoisotopic (exact) mass is 338 g/mol. The fraction of sp³-hybridized carbons (Fsp3) is 0.381. The molecule has 1 heterocycles. The smallest absolute Gasteiger partial charge is 0.224 e. The number of nitrogens with zero attached hydrogens (tertiary/aromatic N) is 1. The molecule has 0 atom stereocenters. The molecule has 1 N–H and O–H groups in total. The van der Waals surface area contributed by atoms with Crippen molar-refractivity contribution in [3.8, 4) is 5.75 Å². The van der Waals surface area contributed by atoms with Crippen LogP contribution in [0.25, 0.3) is 0 Å². The lowest BCUT2D eigenvalue weighted by Crippen LogP contribution is -2.37. The maximum absolute atomic E-state index is 12.4. The number of hydrogen-bond donors (Lipinski definition) is 1. The first kappa shape index (κ1) is 17.5. The van der Waals surface area contributed by atoms with Crippen LogP contribution in [0.4, 0.5) is 0 Å². The van der Waals surface area contributed by atoms with Gasteiger partial charge in [0.2, 0.25) is 5.91 Å². The molecule has 4 nitrogen and oxygen atoms in total. The van der Waals surface area contributed by atoms with Crippen LogP contribution < -0.4 is 10.1 Å². The molecule has 0 saturated heterocycles. The van der Waals surface area contributed by atoms with Gasteiger partial charge in [-0.05, 0) is 48.2 Å². The fourth-order valence-corrected chi connectivity index (χ4v) is 3.21. The van der Waals surface area contributed by atoms with Gasteiger partial charge in [-0.25, -0.2) is 0 Å². The molecule has 4 heteroatoms. The van der Waals surface area contributed by atoms with E-state index in [0.717, 1.165) is 44.8 Å².